The molecular formula is C12H14N2. The van der Waals surface area contributed by atoms with Crippen LogP contribution in [0.25, 0.3) is 0 Å². The highest BCUT2D eigenvalue weighted by Crippen LogP contribution is 2.09. The lowest BCUT2D eigenvalue weighted by Gasteiger charge is -2.07. The third-order valence-electron chi connectivity index (χ3n) is 2.46. The lowest BCUT2D eigenvalue weighted by molar-refractivity contribution is 0.731. The summed E-state index contributed by atoms with van der Waals surface area (Å²) in [6, 6.07) is 10.3. The van der Waals surface area contributed by atoms with Crippen LogP contribution in [0.2, 0.25) is 0 Å². The molecule has 0 fully saturated rings. The van der Waals surface area contributed by atoms with E-state index in [9.17, 15) is 0 Å². The van der Waals surface area contributed by atoms with Gasteiger partial charge in [-0.2, -0.15) is 0 Å². The zero-order valence-electron chi connectivity index (χ0n) is 8.57. The van der Waals surface area contributed by atoms with Crippen LogP contribution in [0.3, 0.4) is 0 Å². The van der Waals surface area contributed by atoms with Gasteiger partial charge in [0.2, 0.25) is 0 Å². The van der Waals surface area contributed by atoms with E-state index in [0.717, 1.165) is 12.2 Å². The number of hydrogen-bond acceptors (Lipinski definition) is 1. The second-order valence-electron chi connectivity index (χ2n) is 3.52. The molecule has 0 saturated heterocycles. The Hall–Kier alpha value is -1.57. The number of hydrogen-bond donors (Lipinski definition) is 0. The van der Waals surface area contributed by atoms with Gasteiger partial charge in [0.25, 0.3) is 0 Å². The predicted octanol–water partition coefficient (Wildman–Crippen LogP) is 2.55. The smallest absolute Gasteiger partial charge is 0.0647 e. The molecule has 0 atom stereocenters. The van der Waals surface area contributed by atoms with Crippen molar-refractivity contribution in [3.63, 3.8) is 0 Å². The topological polar surface area (TPSA) is 17.8 Å². The molecule has 0 aromatic carbocycles. The van der Waals surface area contributed by atoms with Gasteiger partial charge in [-0.3, -0.25) is 4.98 Å². The number of aryl methyl sites for hydroxylation is 2. The monoisotopic (exact) mass is 186 g/mol. The Bertz CT molecular complexity index is 396. The molecule has 2 nitrogen and oxygen atoms in total. The summed E-state index contributed by atoms with van der Waals surface area (Å²) in [5.74, 6) is 0. The molecule has 0 bridgehead atoms. The van der Waals surface area contributed by atoms with Gasteiger partial charge in [0.15, 0.2) is 0 Å². The molecule has 0 radical (unpaired) electrons. The Labute approximate surface area is 84.2 Å². The van der Waals surface area contributed by atoms with Gasteiger partial charge in [0.05, 0.1) is 12.2 Å². The van der Waals surface area contributed by atoms with E-state index in [4.69, 9.17) is 0 Å². The molecule has 0 aliphatic carbocycles. The summed E-state index contributed by atoms with van der Waals surface area (Å²) in [5, 5.41) is 0. The molecule has 0 amide bonds. The van der Waals surface area contributed by atoms with Crippen LogP contribution < -0.4 is 0 Å². The van der Waals surface area contributed by atoms with Crippen LogP contribution in [0, 0.1) is 13.8 Å². The van der Waals surface area contributed by atoms with Gasteiger partial charge in [0, 0.05) is 17.6 Å². The summed E-state index contributed by atoms with van der Waals surface area (Å²) < 4.78 is 2.27. The van der Waals surface area contributed by atoms with Gasteiger partial charge in [0.1, 0.15) is 0 Å². The SMILES string of the molecule is Cc1ccc(C)n1Cc1ccccn1. The lowest BCUT2D eigenvalue weighted by atomic mass is 10.3. The third-order valence-corrected chi connectivity index (χ3v) is 2.46. The first-order valence-corrected chi connectivity index (χ1v) is 4.80. The van der Waals surface area contributed by atoms with Crippen molar-refractivity contribution in [1.29, 1.82) is 0 Å². The van der Waals surface area contributed by atoms with Crippen LogP contribution in [0.15, 0.2) is 36.5 Å². The summed E-state index contributed by atoms with van der Waals surface area (Å²) >= 11 is 0. The Kier molecular flexibility index (Phi) is 2.35. The fourth-order valence-corrected chi connectivity index (χ4v) is 1.60. The molecule has 72 valence electrons. The molecule has 2 heterocycles. The highest BCUT2D eigenvalue weighted by atomic mass is 15.0. The summed E-state index contributed by atoms with van der Waals surface area (Å²) in [6.45, 7) is 5.11. The molecule has 2 aromatic heterocycles. The minimum Gasteiger partial charge on any atom is -0.343 e. The highest BCUT2D eigenvalue weighted by molar-refractivity contribution is 5.16. The van der Waals surface area contributed by atoms with Crippen molar-refractivity contribution in [1.82, 2.24) is 9.55 Å². The molecule has 0 saturated carbocycles. The van der Waals surface area contributed by atoms with Crippen molar-refractivity contribution >= 4 is 0 Å². The molecule has 2 heteroatoms. The number of rotatable bonds is 2. The number of pyridine rings is 1. The lowest BCUT2D eigenvalue weighted by Crippen LogP contribution is -2.04. The van der Waals surface area contributed by atoms with Crippen LogP contribution in [-0.2, 0) is 6.54 Å². The Balaban J connectivity index is 2.27. The molecule has 0 aliphatic heterocycles. The van der Waals surface area contributed by atoms with Crippen molar-refractivity contribution in [2.75, 3.05) is 0 Å². The zero-order chi connectivity index (χ0) is 9.97. The van der Waals surface area contributed by atoms with E-state index in [0.29, 0.717) is 0 Å². The van der Waals surface area contributed by atoms with E-state index < -0.39 is 0 Å². The average Bonchev–Trinajstić information content (AvgIpc) is 2.51. The molecule has 0 spiro atoms. The molecule has 2 aromatic rings. The summed E-state index contributed by atoms with van der Waals surface area (Å²) in [4.78, 5) is 4.32. The van der Waals surface area contributed by atoms with Crippen molar-refractivity contribution in [2.45, 2.75) is 20.4 Å². The number of nitrogens with zero attached hydrogens (tertiary/aromatic N) is 2. The Morgan fingerprint density at radius 1 is 1.07 bits per heavy atom. The van der Waals surface area contributed by atoms with Gasteiger partial charge < -0.3 is 4.57 Å². The predicted molar refractivity (Wildman–Crippen MR) is 57.2 cm³/mol. The largest absolute Gasteiger partial charge is 0.343 e. The summed E-state index contributed by atoms with van der Waals surface area (Å²) in [5.41, 5.74) is 3.68. The van der Waals surface area contributed by atoms with E-state index in [2.05, 4.69) is 41.6 Å². The fraction of sp³-hybridized carbons (Fsp3) is 0.250. The fourth-order valence-electron chi connectivity index (χ4n) is 1.60. The quantitative estimate of drug-likeness (QED) is 0.704. The maximum atomic E-state index is 4.32. The van der Waals surface area contributed by atoms with Crippen LogP contribution in [0.5, 0.6) is 0 Å². The van der Waals surface area contributed by atoms with Crippen LogP contribution >= 0.6 is 0 Å². The van der Waals surface area contributed by atoms with Crippen molar-refractivity contribution in [2.24, 2.45) is 0 Å². The maximum absolute atomic E-state index is 4.32. The molecule has 0 unspecified atom stereocenters. The van der Waals surface area contributed by atoms with Crippen LogP contribution in [0.1, 0.15) is 17.1 Å². The first-order valence-electron chi connectivity index (χ1n) is 4.80. The Morgan fingerprint density at radius 2 is 1.79 bits per heavy atom. The normalized spacial score (nSPS) is 10.4. The molecule has 2 rings (SSSR count). The van der Waals surface area contributed by atoms with Gasteiger partial charge >= 0.3 is 0 Å². The van der Waals surface area contributed by atoms with Crippen molar-refractivity contribution in [3.05, 3.63) is 53.6 Å². The van der Waals surface area contributed by atoms with Gasteiger partial charge in [-0.15, -0.1) is 0 Å². The average molecular weight is 186 g/mol. The first-order chi connectivity index (χ1) is 6.77. The van der Waals surface area contributed by atoms with E-state index in [1.54, 1.807) is 0 Å². The summed E-state index contributed by atoms with van der Waals surface area (Å²) in [7, 11) is 0. The maximum Gasteiger partial charge on any atom is 0.0647 e. The van der Waals surface area contributed by atoms with E-state index in [-0.39, 0.29) is 0 Å². The van der Waals surface area contributed by atoms with Crippen LogP contribution in [-0.4, -0.2) is 9.55 Å². The Morgan fingerprint density at radius 3 is 2.36 bits per heavy atom. The molecular weight excluding hydrogens is 172 g/mol. The first kappa shape index (κ1) is 9.00. The number of aromatic nitrogens is 2. The standard InChI is InChI=1S/C12H14N2/c1-10-6-7-11(2)14(10)9-12-5-3-4-8-13-12/h3-8H,9H2,1-2H3. The van der Waals surface area contributed by atoms with Gasteiger partial charge in [-0.25, -0.2) is 0 Å². The highest BCUT2D eigenvalue weighted by Gasteiger charge is 2.01. The zero-order valence-corrected chi connectivity index (χ0v) is 8.57. The molecule has 14 heavy (non-hydrogen) atoms. The minimum atomic E-state index is 0.867. The molecule has 0 N–H and O–H groups in total. The van der Waals surface area contributed by atoms with Crippen molar-refractivity contribution < 1.29 is 0 Å². The van der Waals surface area contributed by atoms with Crippen molar-refractivity contribution in [3.8, 4) is 0 Å². The van der Waals surface area contributed by atoms with Gasteiger partial charge in [-0.1, -0.05) is 6.07 Å². The van der Waals surface area contributed by atoms with Crippen LogP contribution in [0.4, 0.5) is 0 Å². The molecule has 0 aliphatic rings. The summed E-state index contributed by atoms with van der Waals surface area (Å²) in [6.07, 6.45) is 1.84. The third kappa shape index (κ3) is 1.69. The second-order valence-corrected chi connectivity index (χ2v) is 3.52. The van der Waals surface area contributed by atoms with Gasteiger partial charge in [-0.05, 0) is 38.1 Å². The van der Waals surface area contributed by atoms with E-state index in [1.807, 2.05) is 18.3 Å². The van der Waals surface area contributed by atoms with E-state index in [1.165, 1.54) is 11.4 Å². The minimum absolute atomic E-state index is 0.867. The van der Waals surface area contributed by atoms with E-state index >= 15 is 0 Å². The second kappa shape index (κ2) is 3.66.